The van der Waals surface area contributed by atoms with Crippen LogP contribution in [0, 0.1) is 0 Å². The number of carbonyl (C=O) groups excluding carboxylic acids is 2. The second kappa shape index (κ2) is 7.08. The summed E-state index contributed by atoms with van der Waals surface area (Å²) in [5, 5.41) is 3.23. The van der Waals surface area contributed by atoms with Crippen LogP contribution in [0.25, 0.3) is 0 Å². The van der Waals surface area contributed by atoms with Crippen LogP contribution in [0.2, 0.25) is 5.02 Å². The first-order valence-electron chi connectivity index (χ1n) is 8.75. The summed E-state index contributed by atoms with van der Waals surface area (Å²) in [4.78, 5) is 33.5. The zero-order chi connectivity index (χ0) is 19.0. The summed E-state index contributed by atoms with van der Waals surface area (Å²) in [5.41, 5.74) is 1.13. The van der Waals surface area contributed by atoms with Crippen molar-refractivity contribution in [3.05, 3.63) is 41.6 Å². The van der Waals surface area contributed by atoms with E-state index < -0.39 is 0 Å². The predicted octanol–water partition coefficient (Wildman–Crippen LogP) is 2.70. The molecule has 1 aromatic carbocycles. The monoisotopic (exact) mass is 386 g/mol. The summed E-state index contributed by atoms with van der Waals surface area (Å²) in [6.07, 6.45) is 3.24. The van der Waals surface area contributed by atoms with E-state index in [0.717, 1.165) is 19.4 Å². The Balaban J connectivity index is 1.61. The zero-order valence-corrected chi connectivity index (χ0v) is 15.6. The fraction of sp³-hybridized carbons (Fsp3) is 0.316. The van der Waals surface area contributed by atoms with E-state index in [1.165, 1.54) is 12.0 Å². The van der Waals surface area contributed by atoms with Crippen LogP contribution in [0.4, 0.5) is 17.2 Å². The molecule has 2 aliphatic rings. The van der Waals surface area contributed by atoms with E-state index in [0.29, 0.717) is 28.0 Å². The number of fused-ring (bicyclic) bond motifs is 3. The van der Waals surface area contributed by atoms with Crippen molar-refractivity contribution in [1.29, 1.82) is 0 Å². The molecule has 1 unspecified atom stereocenters. The first-order chi connectivity index (χ1) is 13.1. The summed E-state index contributed by atoms with van der Waals surface area (Å²) < 4.78 is 5.26. The predicted molar refractivity (Wildman–Crippen MR) is 104 cm³/mol. The number of ether oxygens (including phenoxy) is 1. The third-order valence-electron chi connectivity index (χ3n) is 4.86. The van der Waals surface area contributed by atoms with Gasteiger partial charge >= 0.3 is 0 Å². The maximum absolute atomic E-state index is 13.0. The van der Waals surface area contributed by atoms with E-state index in [-0.39, 0.29) is 24.4 Å². The highest BCUT2D eigenvalue weighted by molar-refractivity contribution is 6.31. The lowest BCUT2D eigenvalue weighted by molar-refractivity contribution is -0.122. The van der Waals surface area contributed by atoms with Gasteiger partial charge < -0.3 is 15.0 Å². The highest BCUT2D eigenvalue weighted by Gasteiger charge is 2.42. The van der Waals surface area contributed by atoms with E-state index in [9.17, 15) is 9.59 Å². The number of carbonyl (C=O) groups is 2. The van der Waals surface area contributed by atoms with Crippen LogP contribution in [0.5, 0.6) is 5.75 Å². The number of nitrogens with zero attached hydrogens (tertiary/aromatic N) is 3. The van der Waals surface area contributed by atoms with Crippen molar-refractivity contribution >= 4 is 40.6 Å². The highest BCUT2D eigenvalue weighted by Crippen LogP contribution is 2.39. The number of methoxy groups -OCH3 is 1. The van der Waals surface area contributed by atoms with E-state index >= 15 is 0 Å². The number of nitrogens with one attached hydrogen (secondary N) is 1. The number of anilines is 3. The molecule has 1 saturated heterocycles. The molecule has 7 nitrogen and oxygen atoms in total. The molecule has 8 heteroatoms. The molecule has 140 valence electrons. The Kier molecular flexibility index (Phi) is 4.61. The molecule has 0 aliphatic carbocycles. The van der Waals surface area contributed by atoms with Crippen molar-refractivity contribution in [3.63, 3.8) is 0 Å². The molecule has 3 heterocycles. The summed E-state index contributed by atoms with van der Waals surface area (Å²) in [7, 11) is 1.54. The molecule has 0 radical (unpaired) electrons. The van der Waals surface area contributed by atoms with Crippen molar-refractivity contribution in [2.75, 3.05) is 35.3 Å². The van der Waals surface area contributed by atoms with E-state index in [4.69, 9.17) is 16.3 Å². The largest absolute Gasteiger partial charge is 0.495 e. The standard InChI is InChI=1S/C19H19ClN4O3/c1-27-16-7-3-2-5-13(16)22-17(25)11-24-15-9-12(20)10-21-18(15)23-8-4-6-14(23)19(24)26/h2-3,5,7,9-10,14H,4,6,8,11H2,1H3,(H,22,25). The molecule has 1 aromatic heterocycles. The zero-order valence-electron chi connectivity index (χ0n) is 14.8. The lowest BCUT2D eigenvalue weighted by atomic mass is 10.1. The molecule has 0 bridgehead atoms. The minimum absolute atomic E-state index is 0.0979. The number of rotatable bonds is 4. The van der Waals surface area contributed by atoms with Crippen LogP contribution in [0.15, 0.2) is 36.5 Å². The van der Waals surface area contributed by atoms with Crippen LogP contribution in [-0.4, -0.2) is 43.0 Å². The van der Waals surface area contributed by atoms with E-state index in [2.05, 4.69) is 10.3 Å². The van der Waals surface area contributed by atoms with Crippen molar-refractivity contribution < 1.29 is 14.3 Å². The number of hydrogen-bond acceptors (Lipinski definition) is 5. The molecular formula is C19H19ClN4O3. The van der Waals surface area contributed by atoms with Gasteiger partial charge in [-0.25, -0.2) is 4.98 Å². The van der Waals surface area contributed by atoms with Gasteiger partial charge in [-0.1, -0.05) is 23.7 Å². The first kappa shape index (κ1) is 17.6. The number of pyridine rings is 1. The van der Waals surface area contributed by atoms with Gasteiger partial charge in [0.15, 0.2) is 5.82 Å². The molecule has 4 rings (SSSR count). The fourth-order valence-corrected chi connectivity index (χ4v) is 3.81. The number of para-hydroxylation sites is 2. The molecule has 1 N–H and O–H groups in total. The lowest BCUT2D eigenvalue weighted by Gasteiger charge is -2.38. The SMILES string of the molecule is COc1ccccc1NC(=O)CN1C(=O)C2CCCN2c2ncc(Cl)cc21. The average Bonchev–Trinajstić information content (AvgIpc) is 3.15. The Bertz CT molecular complexity index is 904. The van der Waals surface area contributed by atoms with Gasteiger partial charge in [0.1, 0.15) is 18.3 Å². The van der Waals surface area contributed by atoms with E-state index in [1.54, 1.807) is 30.5 Å². The Morgan fingerprint density at radius 3 is 3.04 bits per heavy atom. The summed E-state index contributed by atoms with van der Waals surface area (Å²) >= 11 is 6.10. The number of halogens is 1. The molecule has 1 fully saturated rings. The second-order valence-corrected chi connectivity index (χ2v) is 6.96. The van der Waals surface area contributed by atoms with Gasteiger partial charge in [-0.05, 0) is 31.0 Å². The minimum Gasteiger partial charge on any atom is -0.495 e. The summed E-state index contributed by atoms with van der Waals surface area (Å²) in [6, 6.07) is 8.55. The van der Waals surface area contributed by atoms with Crippen LogP contribution in [-0.2, 0) is 9.59 Å². The normalized spacial score (nSPS) is 18.1. The van der Waals surface area contributed by atoms with Gasteiger partial charge in [-0.15, -0.1) is 0 Å². The van der Waals surface area contributed by atoms with Gasteiger partial charge in [0.05, 0.1) is 23.5 Å². The van der Waals surface area contributed by atoms with Crippen molar-refractivity contribution in [2.24, 2.45) is 0 Å². The number of hydrogen-bond donors (Lipinski definition) is 1. The van der Waals surface area contributed by atoms with Gasteiger partial charge in [0, 0.05) is 12.7 Å². The smallest absolute Gasteiger partial charge is 0.250 e. The quantitative estimate of drug-likeness (QED) is 0.874. The Morgan fingerprint density at radius 2 is 2.22 bits per heavy atom. The van der Waals surface area contributed by atoms with Crippen LogP contribution in [0.3, 0.4) is 0 Å². The highest BCUT2D eigenvalue weighted by atomic mass is 35.5. The Hall–Kier alpha value is -2.80. The van der Waals surface area contributed by atoms with Gasteiger partial charge in [0.25, 0.3) is 0 Å². The molecule has 2 aromatic rings. The summed E-state index contributed by atoms with van der Waals surface area (Å²) in [5.74, 6) is 0.846. The Morgan fingerprint density at radius 1 is 1.41 bits per heavy atom. The van der Waals surface area contributed by atoms with E-state index in [1.807, 2.05) is 11.0 Å². The molecule has 0 spiro atoms. The number of aromatic nitrogens is 1. The van der Waals surface area contributed by atoms with Crippen LogP contribution < -0.4 is 19.9 Å². The maximum atomic E-state index is 13.0. The minimum atomic E-state index is -0.315. The number of benzene rings is 1. The van der Waals surface area contributed by atoms with Crippen molar-refractivity contribution in [2.45, 2.75) is 18.9 Å². The summed E-state index contributed by atoms with van der Waals surface area (Å²) in [6.45, 7) is 0.662. The first-order valence-corrected chi connectivity index (χ1v) is 9.12. The molecule has 2 amide bonds. The fourth-order valence-electron chi connectivity index (χ4n) is 3.66. The topological polar surface area (TPSA) is 74.8 Å². The van der Waals surface area contributed by atoms with Crippen molar-refractivity contribution in [1.82, 2.24) is 4.98 Å². The number of amides is 2. The van der Waals surface area contributed by atoms with Crippen LogP contribution >= 0.6 is 11.6 Å². The molecule has 27 heavy (non-hydrogen) atoms. The van der Waals surface area contributed by atoms with Gasteiger partial charge in [0.2, 0.25) is 11.8 Å². The second-order valence-electron chi connectivity index (χ2n) is 6.52. The van der Waals surface area contributed by atoms with Gasteiger partial charge in [-0.2, -0.15) is 0 Å². The van der Waals surface area contributed by atoms with Gasteiger partial charge in [-0.3, -0.25) is 14.5 Å². The van der Waals surface area contributed by atoms with Crippen molar-refractivity contribution in [3.8, 4) is 5.75 Å². The molecule has 0 saturated carbocycles. The maximum Gasteiger partial charge on any atom is 0.250 e. The third kappa shape index (κ3) is 3.19. The average molecular weight is 387 g/mol. The third-order valence-corrected chi connectivity index (χ3v) is 5.07. The lowest BCUT2D eigenvalue weighted by Crippen LogP contribution is -2.53. The molecule has 1 atom stereocenters. The molecule has 2 aliphatic heterocycles. The molecular weight excluding hydrogens is 368 g/mol. The van der Waals surface area contributed by atoms with Crippen LogP contribution in [0.1, 0.15) is 12.8 Å². The Labute approximate surface area is 161 Å².